The molecule has 0 bridgehead atoms. The van der Waals surface area contributed by atoms with Crippen LogP contribution in [0.3, 0.4) is 0 Å². The molecule has 0 radical (unpaired) electrons. The van der Waals surface area contributed by atoms with Crippen LogP contribution in [0.15, 0.2) is 48.5 Å². The first-order valence-corrected chi connectivity index (χ1v) is 7.39. The van der Waals surface area contributed by atoms with Gasteiger partial charge in [0.25, 0.3) is 0 Å². The molecule has 122 valence electrons. The van der Waals surface area contributed by atoms with Crippen LogP contribution in [0.5, 0.6) is 5.75 Å². The molecule has 2 rings (SSSR count). The second-order valence-corrected chi connectivity index (χ2v) is 5.42. The van der Waals surface area contributed by atoms with Crippen molar-refractivity contribution < 1.29 is 13.9 Å². The van der Waals surface area contributed by atoms with Gasteiger partial charge in [-0.05, 0) is 48.9 Å². The van der Waals surface area contributed by atoms with Crippen LogP contribution in [0.25, 0.3) is 0 Å². The molecule has 1 atom stereocenters. The van der Waals surface area contributed by atoms with E-state index in [0.717, 1.165) is 17.0 Å². The number of hydrogen-bond donors (Lipinski definition) is 1. The molecule has 1 amide bonds. The summed E-state index contributed by atoms with van der Waals surface area (Å²) in [6.45, 7) is 2.17. The van der Waals surface area contributed by atoms with Crippen molar-refractivity contribution in [2.24, 2.45) is 0 Å². The largest absolute Gasteiger partial charge is 0.497 e. The number of methoxy groups -OCH3 is 1. The highest BCUT2D eigenvalue weighted by atomic mass is 19.1. The average molecular weight is 316 g/mol. The number of carbonyl (C=O) groups is 1. The number of carbonyl (C=O) groups excluding carboxylic acids is 1. The summed E-state index contributed by atoms with van der Waals surface area (Å²) in [6, 6.07) is 13.2. The van der Waals surface area contributed by atoms with Gasteiger partial charge in [-0.15, -0.1) is 0 Å². The molecular formula is C18H21FN2O2. The van der Waals surface area contributed by atoms with Crippen molar-refractivity contribution >= 4 is 11.6 Å². The Morgan fingerprint density at radius 2 is 1.96 bits per heavy atom. The number of halogens is 1. The van der Waals surface area contributed by atoms with Gasteiger partial charge >= 0.3 is 0 Å². The minimum absolute atomic E-state index is 0.0647. The Kier molecular flexibility index (Phi) is 5.57. The molecule has 0 heterocycles. The molecule has 0 spiro atoms. The lowest BCUT2D eigenvalue weighted by molar-refractivity contribution is -0.130. The van der Waals surface area contributed by atoms with E-state index in [2.05, 4.69) is 5.32 Å². The standard InChI is InChI=1S/C18H21FN2O2/c1-13(20-16-7-9-17(23-3)10-8-16)18(22)21(2)12-14-5-4-6-15(19)11-14/h4-11,13,20H,12H2,1-3H3. The molecule has 5 heteroatoms. The summed E-state index contributed by atoms with van der Waals surface area (Å²) < 4.78 is 18.3. The number of anilines is 1. The molecule has 1 N–H and O–H groups in total. The highest BCUT2D eigenvalue weighted by molar-refractivity contribution is 5.84. The van der Waals surface area contributed by atoms with E-state index in [9.17, 15) is 9.18 Å². The van der Waals surface area contributed by atoms with Crippen LogP contribution in [0.1, 0.15) is 12.5 Å². The molecule has 0 saturated heterocycles. The first-order valence-electron chi connectivity index (χ1n) is 7.39. The lowest BCUT2D eigenvalue weighted by atomic mass is 10.2. The summed E-state index contributed by atoms with van der Waals surface area (Å²) in [6.07, 6.45) is 0. The van der Waals surface area contributed by atoms with Crippen LogP contribution in [0.4, 0.5) is 10.1 Å². The van der Waals surface area contributed by atoms with Crippen molar-refractivity contribution in [3.8, 4) is 5.75 Å². The van der Waals surface area contributed by atoms with Crippen LogP contribution in [0, 0.1) is 5.82 Å². The number of nitrogens with one attached hydrogen (secondary N) is 1. The zero-order valence-electron chi connectivity index (χ0n) is 13.5. The van der Waals surface area contributed by atoms with E-state index < -0.39 is 0 Å². The maximum atomic E-state index is 13.2. The van der Waals surface area contributed by atoms with E-state index in [0.29, 0.717) is 6.54 Å². The molecule has 0 aliphatic rings. The third-order valence-electron chi connectivity index (χ3n) is 3.53. The summed E-state index contributed by atoms with van der Waals surface area (Å²) in [4.78, 5) is 14.0. The molecule has 2 aromatic rings. The van der Waals surface area contributed by atoms with E-state index in [4.69, 9.17) is 4.74 Å². The highest BCUT2D eigenvalue weighted by Gasteiger charge is 2.17. The number of amides is 1. The third-order valence-corrected chi connectivity index (χ3v) is 3.53. The quantitative estimate of drug-likeness (QED) is 0.889. The Morgan fingerprint density at radius 1 is 1.26 bits per heavy atom. The zero-order chi connectivity index (χ0) is 16.8. The van der Waals surface area contributed by atoms with Crippen molar-refractivity contribution in [1.29, 1.82) is 0 Å². The second-order valence-electron chi connectivity index (χ2n) is 5.42. The summed E-state index contributed by atoms with van der Waals surface area (Å²) >= 11 is 0. The van der Waals surface area contributed by atoms with E-state index in [1.54, 1.807) is 38.1 Å². The van der Waals surface area contributed by atoms with E-state index in [1.807, 2.05) is 24.3 Å². The van der Waals surface area contributed by atoms with E-state index in [-0.39, 0.29) is 17.8 Å². The maximum Gasteiger partial charge on any atom is 0.244 e. The van der Waals surface area contributed by atoms with Gasteiger partial charge in [-0.2, -0.15) is 0 Å². The van der Waals surface area contributed by atoms with E-state index >= 15 is 0 Å². The average Bonchev–Trinajstić information content (AvgIpc) is 2.54. The number of rotatable bonds is 6. The zero-order valence-corrected chi connectivity index (χ0v) is 13.5. The van der Waals surface area contributed by atoms with Gasteiger partial charge in [0.05, 0.1) is 7.11 Å². The van der Waals surface area contributed by atoms with Gasteiger partial charge in [-0.3, -0.25) is 4.79 Å². The SMILES string of the molecule is COc1ccc(NC(C)C(=O)N(C)Cc2cccc(F)c2)cc1. The molecule has 4 nitrogen and oxygen atoms in total. The van der Waals surface area contributed by atoms with Crippen molar-refractivity contribution in [2.45, 2.75) is 19.5 Å². The predicted octanol–water partition coefficient (Wildman–Crippen LogP) is 3.29. The summed E-state index contributed by atoms with van der Waals surface area (Å²) in [5, 5.41) is 3.15. The summed E-state index contributed by atoms with van der Waals surface area (Å²) in [7, 11) is 3.31. The molecule has 0 saturated carbocycles. The van der Waals surface area contributed by atoms with E-state index in [1.165, 1.54) is 12.1 Å². The van der Waals surface area contributed by atoms with Gasteiger partial charge in [-0.25, -0.2) is 4.39 Å². The van der Waals surface area contributed by atoms with Crippen LogP contribution in [0.2, 0.25) is 0 Å². The number of hydrogen-bond acceptors (Lipinski definition) is 3. The Balaban J connectivity index is 1.95. The topological polar surface area (TPSA) is 41.6 Å². The smallest absolute Gasteiger partial charge is 0.244 e. The number of nitrogens with zero attached hydrogens (tertiary/aromatic N) is 1. The minimum atomic E-state index is -0.387. The Labute approximate surface area is 135 Å². The molecule has 0 aromatic heterocycles. The van der Waals surface area contributed by atoms with Crippen LogP contribution in [-0.2, 0) is 11.3 Å². The fourth-order valence-corrected chi connectivity index (χ4v) is 2.32. The Morgan fingerprint density at radius 3 is 2.57 bits per heavy atom. The number of benzene rings is 2. The van der Waals surface area contributed by atoms with Gasteiger partial charge in [0, 0.05) is 19.3 Å². The highest BCUT2D eigenvalue weighted by Crippen LogP contribution is 2.16. The molecule has 0 aliphatic heterocycles. The van der Waals surface area contributed by atoms with Crippen molar-refractivity contribution in [2.75, 3.05) is 19.5 Å². The monoisotopic (exact) mass is 316 g/mol. The van der Waals surface area contributed by atoms with Gasteiger partial charge < -0.3 is 15.0 Å². The predicted molar refractivity (Wildman–Crippen MR) is 89.0 cm³/mol. The third kappa shape index (κ3) is 4.71. The lowest BCUT2D eigenvalue weighted by Gasteiger charge is -2.23. The van der Waals surface area contributed by atoms with Gasteiger partial charge in [0.2, 0.25) is 5.91 Å². The second kappa shape index (κ2) is 7.63. The van der Waals surface area contributed by atoms with Crippen LogP contribution < -0.4 is 10.1 Å². The lowest BCUT2D eigenvalue weighted by Crippen LogP contribution is -2.38. The molecule has 1 unspecified atom stereocenters. The number of ether oxygens (including phenoxy) is 1. The number of likely N-dealkylation sites (N-methyl/N-ethyl adjacent to an activating group) is 1. The van der Waals surface area contributed by atoms with Crippen LogP contribution >= 0.6 is 0 Å². The van der Waals surface area contributed by atoms with Crippen LogP contribution in [-0.4, -0.2) is 31.0 Å². The minimum Gasteiger partial charge on any atom is -0.497 e. The molecule has 0 aliphatic carbocycles. The first kappa shape index (κ1) is 16.8. The van der Waals surface area contributed by atoms with Crippen molar-refractivity contribution in [3.63, 3.8) is 0 Å². The van der Waals surface area contributed by atoms with Gasteiger partial charge in [0.1, 0.15) is 17.6 Å². The first-order chi connectivity index (χ1) is 11.0. The fraction of sp³-hybridized carbons (Fsp3) is 0.278. The summed E-state index contributed by atoms with van der Waals surface area (Å²) in [5.41, 5.74) is 1.60. The Hall–Kier alpha value is -2.56. The molecule has 23 heavy (non-hydrogen) atoms. The molecule has 0 fully saturated rings. The fourth-order valence-electron chi connectivity index (χ4n) is 2.32. The molecular weight excluding hydrogens is 295 g/mol. The summed E-state index contributed by atoms with van der Waals surface area (Å²) in [5.74, 6) is 0.399. The van der Waals surface area contributed by atoms with Crippen molar-refractivity contribution in [3.05, 3.63) is 59.9 Å². The van der Waals surface area contributed by atoms with Crippen molar-refractivity contribution in [1.82, 2.24) is 4.90 Å². The van der Waals surface area contributed by atoms with Gasteiger partial charge in [-0.1, -0.05) is 12.1 Å². The molecule has 2 aromatic carbocycles. The van der Waals surface area contributed by atoms with Gasteiger partial charge in [0.15, 0.2) is 0 Å². The Bertz CT molecular complexity index is 658. The maximum absolute atomic E-state index is 13.2. The normalized spacial score (nSPS) is 11.7.